The van der Waals surface area contributed by atoms with Crippen LogP contribution in [0.4, 0.5) is 0 Å². The van der Waals surface area contributed by atoms with Crippen molar-refractivity contribution in [3.05, 3.63) is 23.8 Å². The third-order valence-electron chi connectivity index (χ3n) is 3.61. The Bertz CT molecular complexity index is 579. The minimum atomic E-state index is -0.100. The van der Waals surface area contributed by atoms with Gasteiger partial charge < -0.3 is 19.7 Å². The quantitative estimate of drug-likeness (QED) is 0.821. The number of thioether (sulfide) groups is 1. The highest BCUT2D eigenvalue weighted by atomic mass is 32.2. The molecule has 1 aromatic carbocycles. The predicted octanol–water partition coefficient (Wildman–Crippen LogP) is 1.80. The van der Waals surface area contributed by atoms with Crippen LogP contribution in [-0.4, -0.2) is 49.8 Å². The standard InChI is InChI=1S/C16H22N2O4S/c1-4-17-14(19)7-8-18-15(20)10-23-16(18)11-5-6-12(21-2)13(9-11)22-3/h5-6,9,16H,4,7-8,10H2,1-3H3,(H,17,19)/t16-/m0/s1. The molecule has 0 spiro atoms. The van der Waals surface area contributed by atoms with E-state index in [0.29, 0.717) is 36.8 Å². The fraction of sp³-hybridized carbons (Fsp3) is 0.500. The molecule has 2 amide bonds. The average Bonchev–Trinajstić information content (AvgIpc) is 2.93. The molecule has 1 N–H and O–H groups in total. The van der Waals surface area contributed by atoms with Gasteiger partial charge in [-0.15, -0.1) is 11.8 Å². The van der Waals surface area contributed by atoms with Gasteiger partial charge >= 0.3 is 0 Å². The summed E-state index contributed by atoms with van der Waals surface area (Å²) in [5, 5.41) is 2.65. The summed E-state index contributed by atoms with van der Waals surface area (Å²) in [5.74, 6) is 1.73. The molecule has 1 aliphatic rings. The number of ether oxygens (including phenoxy) is 2. The van der Waals surface area contributed by atoms with Crippen LogP contribution in [0.25, 0.3) is 0 Å². The van der Waals surface area contributed by atoms with Crippen molar-refractivity contribution in [2.45, 2.75) is 18.7 Å². The summed E-state index contributed by atoms with van der Waals surface area (Å²) < 4.78 is 10.6. The van der Waals surface area contributed by atoms with Crippen LogP contribution in [0.3, 0.4) is 0 Å². The maximum absolute atomic E-state index is 12.1. The summed E-state index contributed by atoms with van der Waals surface area (Å²) in [6, 6.07) is 5.64. The molecule has 1 atom stereocenters. The van der Waals surface area contributed by atoms with Crippen molar-refractivity contribution >= 4 is 23.6 Å². The zero-order chi connectivity index (χ0) is 16.8. The van der Waals surface area contributed by atoms with Crippen LogP contribution < -0.4 is 14.8 Å². The van der Waals surface area contributed by atoms with Crippen LogP contribution in [0.1, 0.15) is 24.3 Å². The molecule has 2 rings (SSSR count). The van der Waals surface area contributed by atoms with Gasteiger partial charge in [0.1, 0.15) is 5.37 Å². The molecule has 23 heavy (non-hydrogen) atoms. The third-order valence-corrected chi connectivity index (χ3v) is 4.87. The van der Waals surface area contributed by atoms with Crippen molar-refractivity contribution < 1.29 is 19.1 Å². The Hall–Kier alpha value is -1.89. The van der Waals surface area contributed by atoms with Gasteiger partial charge in [-0.25, -0.2) is 0 Å². The molecule has 0 unspecified atom stereocenters. The maximum atomic E-state index is 12.1. The highest BCUT2D eigenvalue weighted by Gasteiger charge is 2.33. The van der Waals surface area contributed by atoms with Gasteiger partial charge in [0.2, 0.25) is 11.8 Å². The first-order chi connectivity index (χ1) is 11.1. The molecule has 1 aromatic rings. The summed E-state index contributed by atoms with van der Waals surface area (Å²) in [7, 11) is 3.17. The molecule has 7 heteroatoms. The Morgan fingerprint density at radius 3 is 2.74 bits per heavy atom. The average molecular weight is 338 g/mol. The number of hydrogen-bond donors (Lipinski definition) is 1. The lowest BCUT2D eigenvalue weighted by Gasteiger charge is -2.24. The summed E-state index contributed by atoms with van der Waals surface area (Å²) in [6.07, 6.45) is 0.309. The van der Waals surface area contributed by atoms with Crippen LogP contribution in [-0.2, 0) is 9.59 Å². The Morgan fingerprint density at radius 2 is 2.09 bits per heavy atom. The topological polar surface area (TPSA) is 67.9 Å². The van der Waals surface area contributed by atoms with E-state index in [2.05, 4.69) is 5.32 Å². The molecule has 126 valence electrons. The first-order valence-electron chi connectivity index (χ1n) is 7.50. The number of nitrogens with one attached hydrogen (secondary N) is 1. The molecule has 1 fully saturated rings. The van der Waals surface area contributed by atoms with Crippen LogP contribution in [0.2, 0.25) is 0 Å². The van der Waals surface area contributed by atoms with E-state index in [9.17, 15) is 9.59 Å². The van der Waals surface area contributed by atoms with Crippen LogP contribution >= 0.6 is 11.8 Å². The fourth-order valence-electron chi connectivity index (χ4n) is 2.49. The number of carbonyl (C=O) groups excluding carboxylic acids is 2. The highest BCUT2D eigenvalue weighted by molar-refractivity contribution is 8.00. The van der Waals surface area contributed by atoms with Crippen LogP contribution in [0.5, 0.6) is 11.5 Å². The van der Waals surface area contributed by atoms with E-state index in [-0.39, 0.29) is 17.2 Å². The molecule has 0 saturated carbocycles. The largest absolute Gasteiger partial charge is 0.493 e. The number of hydrogen-bond acceptors (Lipinski definition) is 5. The summed E-state index contributed by atoms with van der Waals surface area (Å²) in [6.45, 7) is 2.89. The van der Waals surface area contributed by atoms with Gasteiger partial charge in [-0.3, -0.25) is 9.59 Å². The Kier molecular flexibility index (Phi) is 6.15. The molecule has 1 saturated heterocycles. The van der Waals surface area contributed by atoms with Crippen LogP contribution in [0, 0.1) is 0 Å². The second-order valence-electron chi connectivity index (χ2n) is 5.07. The number of nitrogens with zero attached hydrogens (tertiary/aromatic N) is 1. The molecular formula is C16H22N2O4S. The van der Waals surface area contributed by atoms with Crippen molar-refractivity contribution in [1.82, 2.24) is 10.2 Å². The molecule has 0 aliphatic carbocycles. The van der Waals surface area contributed by atoms with Crippen molar-refractivity contribution in [3.8, 4) is 11.5 Å². The molecule has 1 heterocycles. The normalized spacial score (nSPS) is 17.3. The minimum Gasteiger partial charge on any atom is -0.493 e. The van der Waals surface area contributed by atoms with Crippen molar-refractivity contribution in [1.29, 1.82) is 0 Å². The van der Waals surface area contributed by atoms with E-state index in [1.807, 2.05) is 25.1 Å². The maximum Gasteiger partial charge on any atom is 0.233 e. The number of carbonyl (C=O) groups is 2. The summed E-state index contributed by atoms with van der Waals surface area (Å²) in [5.41, 5.74) is 0.967. The van der Waals surface area contributed by atoms with Crippen LogP contribution in [0.15, 0.2) is 18.2 Å². The van der Waals surface area contributed by atoms with E-state index < -0.39 is 0 Å². The molecular weight excluding hydrogens is 316 g/mol. The van der Waals surface area contributed by atoms with Gasteiger partial charge in [-0.1, -0.05) is 6.07 Å². The molecule has 0 radical (unpaired) electrons. The van der Waals surface area contributed by atoms with E-state index in [1.165, 1.54) is 0 Å². The highest BCUT2D eigenvalue weighted by Crippen LogP contribution is 2.41. The van der Waals surface area contributed by atoms with Gasteiger partial charge in [0, 0.05) is 19.5 Å². The van der Waals surface area contributed by atoms with Crippen molar-refractivity contribution in [2.24, 2.45) is 0 Å². The van der Waals surface area contributed by atoms with Gasteiger partial charge in [0.05, 0.1) is 20.0 Å². The summed E-state index contributed by atoms with van der Waals surface area (Å²) >= 11 is 1.56. The SMILES string of the molecule is CCNC(=O)CCN1C(=O)CS[C@H]1c1ccc(OC)c(OC)c1. The van der Waals surface area contributed by atoms with Crippen molar-refractivity contribution in [3.63, 3.8) is 0 Å². The van der Waals surface area contributed by atoms with E-state index >= 15 is 0 Å². The smallest absolute Gasteiger partial charge is 0.233 e. The molecule has 1 aliphatic heterocycles. The Labute approximate surface area is 140 Å². The predicted molar refractivity (Wildman–Crippen MR) is 89.8 cm³/mol. The second-order valence-corrected chi connectivity index (χ2v) is 6.14. The molecule has 0 bridgehead atoms. The van der Waals surface area contributed by atoms with E-state index in [0.717, 1.165) is 5.56 Å². The van der Waals surface area contributed by atoms with Crippen molar-refractivity contribution in [2.75, 3.05) is 33.1 Å². The summed E-state index contributed by atoms with van der Waals surface area (Å²) in [4.78, 5) is 25.5. The lowest BCUT2D eigenvalue weighted by Crippen LogP contribution is -2.33. The van der Waals surface area contributed by atoms with Gasteiger partial charge in [0.15, 0.2) is 11.5 Å². The first-order valence-corrected chi connectivity index (χ1v) is 8.55. The Morgan fingerprint density at radius 1 is 1.35 bits per heavy atom. The van der Waals surface area contributed by atoms with Gasteiger partial charge in [-0.05, 0) is 24.6 Å². The van der Waals surface area contributed by atoms with E-state index in [4.69, 9.17) is 9.47 Å². The number of benzene rings is 1. The second kappa shape index (κ2) is 8.10. The number of rotatable bonds is 7. The van der Waals surface area contributed by atoms with Gasteiger partial charge in [0.25, 0.3) is 0 Å². The minimum absolute atomic E-state index is 0.0386. The number of methoxy groups -OCH3 is 2. The molecule has 0 aromatic heterocycles. The fourth-order valence-corrected chi connectivity index (χ4v) is 3.69. The first kappa shape index (κ1) is 17.5. The van der Waals surface area contributed by atoms with Gasteiger partial charge in [-0.2, -0.15) is 0 Å². The number of amides is 2. The lowest BCUT2D eigenvalue weighted by atomic mass is 10.1. The van der Waals surface area contributed by atoms with E-state index in [1.54, 1.807) is 30.9 Å². The zero-order valence-electron chi connectivity index (χ0n) is 13.6. The zero-order valence-corrected chi connectivity index (χ0v) is 14.4. The monoisotopic (exact) mass is 338 g/mol. The molecule has 6 nitrogen and oxygen atoms in total. The Balaban J connectivity index is 2.13. The third kappa shape index (κ3) is 4.10. The lowest BCUT2D eigenvalue weighted by molar-refractivity contribution is -0.129.